The van der Waals surface area contributed by atoms with E-state index in [0.717, 1.165) is 97.1 Å². The molecule has 15 heterocycles. The summed E-state index contributed by atoms with van der Waals surface area (Å²) in [5, 5.41) is 70.7. The maximum absolute atomic E-state index is 13.9. The Morgan fingerprint density at radius 1 is 0.427 bits per heavy atom. The average molecular weight is 2030 g/mol. The number of aromatic nitrogens is 30. The SMILES string of the molecule is CC(C)n1cnc2c(NCc3ccccc3)nc(F)nc21.Cc1cc(N(C)c2nc(NCc3ccccc3)nc3c2cnn3C)nn1C.Cc1cc(Nc2nc(N(C)Cc3ccccc3)nc3c2cnn3C)nn1C.Cn1nc(Nc2nc(N[C@H](CO)c3ccccc3)nc3c2cnn3C)cc1C(C)(C)C.Fc1nc(NCc2ccccc2)c2ncn(C3CCCC3)c2n1.OCCn1cnc2c(NCc3ccccc3)nc(F)nc21. The molecule has 0 bridgehead atoms. The monoisotopic (exact) mass is 2030 g/mol. The van der Waals surface area contributed by atoms with E-state index in [9.17, 15) is 18.3 Å². The number of rotatable bonds is 29. The molecule has 1 fully saturated rings. The molecule has 0 aliphatic heterocycles. The third kappa shape index (κ3) is 25.1. The molecule has 0 amide bonds. The topological polar surface area (TPSA) is 446 Å². The maximum Gasteiger partial charge on any atom is 0.312 e. The number of nitrogens with zero attached hydrogens (tertiary/aromatic N) is 32. The van der Waals surface area contributed by atoms with Gasteiger partial charge in [0.25, 0.3) is 0 Å². The van der Waals surface area contributed by atoms with E-state index >= 15 is 0 Å². The van der Waals surface area contributed by atoms with Crippen molar-refractivity contribution in [3.05, 3.63) is 306 Å². The second-order valence-corrected chi connectivity index (χ2v) is 37.3. The van der Waals surface area contributed by atoms with Crippen molar-refractivity contribution < 1.29 is 23.4 Å². The van der Waals surface area contributed by atoms with Gasteiger partial charge in [-0.25, -0.2) is 15.0 Å². The van der Waals surface area contributed by atoms with E-state index in [4.69, 9.17) is 20.1 Å². The number of benzene rings is 6. The molecule has 0 radical (unpaired) electrons. The van der Waals surface area contributed by atoms with Crippen molar-refractivity contribution in [2.45, 2.75) is 137 Å². The summed E-state index contributed by atoms with van der Waals surface area (Å²) in [6, 6.07) is 65.9. The molecule has 22 rings (SSSR count). The number of nitrogens with one attached hydrogen (secondary N) is 7. The summed E-state index contributed by atoms with van der Waals surface area (Å²) < 4.78 is 57.2. The van der Waals surface area contributed by atoms with Crippen molar-refractivity contribution >= 4 is 137 Å². The Balaban J connectivity index is 0.000000123. The Kier molecular flexibility index (Phi) is 32.5. The summed E-state index contributed by atoms with van der Waals surface area (Å²) in [4.78, 5) is 68.1. The van der Waals surface area contributed by atoms with Gasteiger partial charge in [-0.1, -0.05) is 216 Å². The minimum absolute atomic E-state index is 0.0340. The van der Waals surface area contributed by atoms with Crippen molar-refractivity contribution in [2.75, 3.05) is 74.3 Å². The van der Waals surface area contributed by atoms with Crippen molar-refractivity contribution in [3.8, 4) is 0 Å². The standard InChI is InChI=1S/C22H28N8O.2C19H22N8.C17H18FN5.C15H16FN5.C14H14FN5O/c1-22(2,3)17-11-18(28-29(17)4)25-19-15-12-23-30(5)20(15)27-21(26-19)24-16(13-31)14-9-7-6-8-10-14;1-13-10-16(24-26(13)3)21-17-15-11-20-27(4)18(15)23-19(22-17)25(2)12-14-8-6-5-7-9-14;1-13-10-16(24-26(13)3)25(2)17-15-12-21-27(4)18(15)23-19(22-17)20-11-14-8-6-5-7-9-14;18-17-21-15(19-10-12-6-2-1-3-7-12)14-16(22-17)23(11-20-14)13-8-4-5-9-13;1-10(2)21-9-18-12-13(19-15(16)20-14(12)21)17-8-11-6-4-3-5-7-11;15-14-18-12(16-8-10-4-2-1-3-5-10)11-13(19-14)20(6-7-21)9-17-11/h6-12,16,31H,13H2,1-5H3,(H2,24,25,26,27,28);5-11H,12H2,1-4H3,(H,21,22,23,24);5-10,12H,11H2,1-4H3,(H,20,22,23);1-3,6-7,11,13H,4-5,8-10H2,(H,19,21,22);3-7,9-10H,8H2,1-2H3,(H,17,19,20);1-5,9,21H,6-8H2,(H,16,18,19)/t16-;;;;;/m1...../s1. The molecule has 1 atom stereocenters. The van der Waals surface area contributed by atoms with E-state index in [1.54, 1.807) is 49.9 Å². The number of fused-ring (bicyclic) bond motifs is 6. The lowest BCUT2D eigenvalue weighted by Crippen LogP contribution is -2.20. The van der Waals surface area contributed by atoms with Gasteiger partial charge < -0.3 is 70.9 Å². The van der Waals surface area contributed by atoms with Gasteiger partial charge in [-0.2, -0.15) is 104 Å². The van der Waals surface area contributed by atoms with E-state index in [1.165, 1.54) is 30.3 Å². The van der Waals surface area contributed by atoms with Crippen LogP contribution in [-0.2, 0) is 87.0 Å². The molecule has 1 aliphatic rings. The molecular weight excluding hydrogens is 1910 g/mol. The van der Waals surface area contributed by atoms with Crippen LogP contribution in [0.1, 0.15) is 129 Å². The number of imidazole rings is 3. The summed E-state index contributed by atoms with van der Waals surface area (Å²) in [7, 11) is 15.3. The van der Waals surface area contributed by atoms with Gasteiger partial charge in [-0.05, 0) is 73.9 Å². The Labute approximate surface area is 862 Å². The zero-order valence-corrected chi connectivity index (χ0v) is 86.1. The zero-order valence-electron chi connectivity index (χ0n) is 86.1. The Bertz CT molecular complexity index is 8040. The number of halogens is 3. The highest BCUT2D eigenvalue weighted by Gasteiger charge is 2.27. The quantitative estimate of drug-likeness (QED) is 0.0197. The summed E-state index contributed by atoms with van der Waals surface area (Å²) in [5.74, 6) is 7.13. The zero-order chi connectivity index (χ0) is 105. The summed E-state index contributed by atoms with van der Waals surface area (Å²) in [5.41, 5.74) is 15.2. The summed E-state index contributed by atoms with van der Waals surface area (Å²) in [6.07, 6.45) is 12.6. The second-order valence-electron chi connectivity index (χ2n) is 37.3. The summed E-state index contributed by atoms with van der Waals surface area (Å²) in [6.45, 7) is 17.6. The molecule has 6 aromatic carbocycles. The van der Waals surface area contributed by atoms with Crippen LogP contribution < -0.4 is 47.0 Å². The molecule has 21 aromatic rings. The highest BCUT2D eigenvalue weighted by molar-refractivity contribution is 5.92. The van der Waals surface area contributed by atoms with Gasteiger partial charge in [0.05, 0.1) is 73.0 Å². The number of hydrogen-bond donors (Lipinski definition) is 9. The number of aryl methyl sites for hydroxylation is 8. The van der Waals surface area contributed by atoms with Gasteiger partial charge in [0.15, 0.2) is 91.2 Å². The molecule has 41 nitrogen and oxygen atoms in total. The average Bonchev–Trinajstić information content (AvgIpc) is 1.66. The molecule has 0 saturated heterocycles. The van der Waals surface area contributed by atoms with Crippen LogP contribution in [0.2, 0.25) is 0 Å². The second kappa shape index (κ2) is 47.1. The molecule has 9 N–H and O–H groups in total. The number of hydrogen-bond acceptors (Lipinski definition) is 32. The van der Waals surface area contributed by atoms with Crippen LogP contribution >= 0.6 is 0 Å². The molecule has 15 aromatic heterocycles. The maximum atomic E-state index is 13.9. The fraction of sp³-hybridized carbons (Fsp3) is 0.292. The molecule has 0 spiro atoms. The molecule has 44 heteroatoms. The van der Waals surface area contributed by atoms with E-state index in [0.29, 0.717) is 137 Å². The number of anilines is 12. The van der Waals surface area contributed by atoms with E-state index < -0.39 is 18.2 Å². The Morgan fingerprint density at radius 3 is 1.37 bits per heavy atom. The van der Waals surface area contributed by atoms with Gasteiger partial charge in [0.2, 0.25) is 17.8 Å². The van der Waals surface area contributed by atoms with Crippen LogP contribution in [0.4, 0.5) is 83.4 Å². The largest absolute Gasteiger partial charge is 0.395 e. The fourth-order valence-corrected chi connectivity index (χ4v) is 17.0. The lowest BCUT2D eigenvalue weighted by molar-refractivity contribution is 0.276. The van der Waals surface area contributed by atoms with Crippen LogP contribution in [0.3, 0.4) is 0 Å². The fourth-order valence-electron chi connectivity index (χ4n) is 17.0. The number of aliphatic hydroxyl groups is 2. The third-order valence-corrected chi connectivity index (χ3v) is 25.1. The molecule has 0 unspecified atom stereocenters. The molecule has 150 heavy (non-hydrogen) atoms. The first-order valence-corrected chi connectivity index (χ1v) is 49.0. The third-order valence-electron chi connectivity index (χ3n) is 25.1. The first kappa shape index (κ1) is 104. The highest BCUT2D eigenvalue weighted by Crippen LogP contribution is 2.37. The lowest BCUT2D eigenvalue weighted by Gasteiger charge is -2.18. The van der Waals surface area contributed by atoms with Crippen LogP contribution in [0.25, 0.3) is 66.6 Å². The first-order chi connectivity index (χ1) is 72.5. The van der Waals surface area contributed by atoms with Gasteiger partial charge >= 0.3 is 18.2 Å². The van der Waals surface area contributed by atoms with Gasteiger partial charge in [0, 0.05) is 148 Å². The summed E-state index contributed by atoms with van der Waals surface area (Å²) >= 11 is 0. The Hall–Kier alpha value is -17.8. The molecule has 772 valence electrons. The number of aliphatic hydroxyl groups excluding tert-OH is 2. The predicted molar refractivity (Wildman–Crippen MR) is 576 cm³/mol. The van der Waals surface area contributed by atoms with Crippen LogP contribution in [0.5, 0.6) is 0 Å². The van der Waals surface area contributed by atoms with Crippen LogP contribution in [-0.4, -0.2) is 185 Å². The lowest BCUT2D eigenvalue weighted by atomic mass is 9.92. The van der Waals surface area contributed by atoms with Crippen molar-refractivity contribution in [2.24, 2.45) is 42.3 Å². The minimum Gasteiger partial charge on any atom is -0.395 e. The van der Waals surface area contributed by atoms with Crippen molar-refractivity contribution in [1.29, 1.82) is 0 Å². The minimum atomic E-state index is -0.822. The Morgan fingerprint density at radius 2 is 0.867 bits per heavy atom. The van der Waals surface area contributed by atoms with E-state index in [2.05, 4.69) is 173 Å². The van der Waals surface area contributed by atoms with E-state index in [1.807, 2.05) is 293 Å². The molecule has 1 saturated carbocycles. The van der Waals surface area contributed by atoms with Gasteiger partial charge in [-0.3, -0.25) is 28.1 Å². The smallest absolute Gasteiger partial charge is 0.312 e. The van der Waals surface area contributed by atoms with E-state index in [-0.39, 0.29) is 30.7 Å². The van der Waals surface area contributed by atoms with Crippen molar-refractivity contribution in [1.82, 2.24) is 147 Å². The highest BCUT2D eigenvalue weighted by atomic mass is 19.1. The molecular formula is C106H120F3N39O2. The van der Waals surface area contributed by atoms with Gasteiger partial charge in [-0.15, -0.1) is 0 Å². The van der Waals surface area contributed by atoms with Crippen LogP contribution in [0.15, 0.2) is 238 Å². The molecule has 1 aliphatic carbocycles. The normalized spacial score (nSPS) is 12.1. The van der Waals surface area contributed by atoms with Gasteiger partial charge in [0.1, 0.15) is 11.6 Å². The van der Waals surface area contributed by atoms with Crippen LogP contribution in [0, 0.1) is 32.1 Å². The predicted octanol–water partition coefficient (Wildman–Crippen LogP) is 17.3. The van der Waals surface area contributed by atoms with Crippen molar-refractivity contribution in [3.63, 3.8) is 0 Å². The first-order valence-electron chi connectivity index (χ1n) is 49.0.